The van der Waals surface area contributed by atoms with E-state index in [4.69, 9.17) is 16.6 Å². The first-order valence-electron chi connectivity index (χ1n) is 7.14. The number of hydrogen-bond donors (Lipinski definition) is 0. The van der Waals surface area contributed by atoms with Crippen LogP contribution in [0.15, 0.2) is 66.7 Å². The van der Waals surface area contributed by atoms with Gasteiger partial charge in [-0.15, -0.1) is 0 Å². The molecule has 0 bridgehead atoms. The molecule has 3 rings (SSSR count). The molecule has 0 aliphatic heterocycles. The molecule has 110 valence electrons. The van der Waals surface area contributed by atoms with Crippen LogP contribution in [0.4, 0.5) is 5.69 Å². The number of halogens is 1. The van der Waals surface area contributed by atoms with Crippen molar-refractivity contribution in [2.45, 2.75) is 0 Å². The van der Waals surface area contributed by atoms with Gasteiger partial charge in [-0.3, -0.25) is 0 Å². The minimum atomic E-state index is 0.718. The topological polar surface area (TPSA) is 16.1 Å². The van der Waals surface area contributed by atoms with Crippen LogP contribution in [0.5, 0.6) is 0 Å². The van der Waals surface area contributed by atoms with Gasteiger partial charge in [-0.1, -0.05) is 54.1 Å². The average molecular weight is 309 g/mol. The smallest absolute Gasteiger partial charge is 0.0730 e. The molecule has 0 N–H and O–H groups in total. The van der Waals surface area contributed by atoms with Gasteiger partial charge in [0.05, 0.1) is 11.4 Å². The van der Waals surface area contributed by atoms with Crippen LogP contribution in [-0.2, 0) is 0 Å². The van der Waals surface area contributed by atoms with Crippen molar-refractivity contribution in [2.24, 2.45) is 0 Å². The Morgan fingerprint density at radius 3 is 2.05 bits per heavy atom. The van der Waals surface area contributed by atoms with Crippen molar-refractivity contribution < 1.29 is 0 Å². The van der Waals surface area contributed by atoms with E-state index in [9.17, 15) is 0 Å². The third kappa shape index (κ3) is 3.12. The molecule has 2 aromatic carbocycles. The molecule has 0 spiro atoms. The predicted octanol–water partition coefficient (Wildman–Crippen LogP) is 5.14. The molecule has 0 aliphatic rings. The van der Waals surface area contributed by atoms with Gasteiger partial charge >= 0.3 is 0 Å². The Hall–Kier alpha value is -2.32. The number of nitrogens with zero attached hydrogens (tertiary/aromatic N) is 2. The number of pyridine rings is 1. The van der Waals surface area contributed by atoms with Gasteiger partial charge < -0.3 is 4.90 Å². The van der Waals surface area contributed by atoms with Crippen LogP contribution in [-0.4, -0.2) is 19.1 Å². The predicted molar refractivity (Wildman–Crippen MR) is 94.4 cm³/mol. The molecule has 22 heavy (non-hydrogen) atoms. The van der Waals surface area contributed by atoms with Gasteiger partial charge in [0.25, 0.3) is 0 Å². The SMILES string of the molecule is CN(C)c1cc(-c2ccccc2)nc(-c2cccc(Cl)c2)c1. The number of hydrogen-bond acceptors (Lipinski definition) is 2. The monoisotopic (exact) mass is 308 g/mol. The second-order valence-electron chi connectivity index (χ2n) is 5.37. The van der Waals surface area contributed by atoms with Crippen molar-refractivity contribution >= 4 is 17.3 Å². The first-order chi connectivity index (χ1) is 10.6. The van der Waals surface area contributed by atoms with Crippen molar-refractivity contribution in [3.05, 3.63) is 71.8 Å². The third-order valence-electron chi connectivity index (χ3n) is 3.52. The lowest BCUT2D eigenvalue weighted by Crippen LogP contribution is -2.09. The van der Waals surface area contributed by atoms with Gasteiger partial charge in [-0.25, -0.2) is 4.98 Å². The molecule has 0 aliphatic carbocycles. The summed E-state index contributed by atoms with van der Waals surface area (Å²) in [4.78, 5) is 6.90. The van der Waals surface area contributed by atoms with Gasteiger partial charge in [-0.2, -0.15) is 0 Å². The number of benzene rings is 2. The van der Waals surface area contributed by atoms with E-state index >= 15 is 0 Å². The van der Waals surface area contributed by atoms with Gasteiger partial charge in [0.1, 0.15) is 0 Å². The summed E-state index contributed by atoms with van der Waals surface area (Å²) in [6.45, 7) is 0. The van der Waals surface area contributed by atoms with E-state index in [1.165, 1.54) is 0 Å². The molecule has 1 aromatic heterocycles. The Balaban J connectivity index is 2.16. The molecule has 1 heterocycles. The fourth-order valence-electron chi connectivity index (χ4n) is 2.33. The van der Waals surface area contributed by atoms with Gasteiger partial charge in [0.2, 0.25) is 0 Å². The van der Waals surface area contributed by atoms with Crippen LogP contribution in [0.2, 0.25) is 5.02 Å². The molecule has 3 aromatic rings. The fourth-order valence-corrected chi connectivity index (χ4v) is 2.52. The van der Waals surface area contributed by atoms with Gasteiger partial charge in [0, 0.05) is 35.9 Å². The van der Waals surface area contributed by atoms with Crippen molar-refractivity contribution in [3.8, 4) is 22.5 Å². The van der Waals surface area contributed by atoms with Crippen LogP contribution in [0.3, 0.4) is 0 Å². The molecular weight excluding hydrogens is 292 g/mol. The van der Waals surface area contributed by atoms with E-state index in [0.29, 0.717) is 0 Å². The second kappa shape index (κ2) is 6.20. The molecule has 0 atom stereocenters. The van der Waals surface area contributed by atoms with Crippen LogP contribution in [0.25, 0.3) is 22.5 Å². The maximum absolute atomic E-state index is 6.12. The molecule has 3 heteroatoms. The minimum Gasteiger partial charge on any atom is -0.378 e. The zero-order valence-electron chi connectivity index (χ0n) is 12.6. The lowest BCUT2D eigenvalue weighted by atomic mass is 10.1. The van der Waals surface area contributed by atoms with Crippen molar-refractivity contribution in [1.82, 2.24) is 4.98 Å². The summed E-state index contributed by atoms with van der Waals surface area (Å²) in [6.07, 6.45) is 0. The molecule has 0 radical (unpaired) electrons. The highest BCUT2D eigenvalue weighted by atomic mass is 35.5. The molecule has 0 saturated heterocycles. The van der Waals surface area contributed by atoms with E-state index < -0.39 is 0 Å². The normalized spacial score (nSPS) is 10.5. The minimum absolute atomic E-state index is 0.718. The third-order valence-corrected chi connectivity index (χ3v) is 3.75. The maximum atomic E-state index is 6.12. The summed E-state index contributed by atoms with van der Waals surface area (Å²) in [7, 11) is 4.07. The van der Waals surface area contributed by atoms with E-state index in [-0.39, 0.29) is 0 Å². The zero-order chi connectivity index (χ0) is 15.5. The molecule has 0 fully saturated rings. The Bertz CT molecular complexity index is 782. The number of aromatic nitrogens is 1. The molecular formula is C19H17ClN2. The zero-order valence-corrected chi connectivity index (χ0v) is 13.4. The highest BCUT2D eigenvalue weighted by Gasteiger charge is 2.08. The van der Waals surface area contributed by atoms with Crippen molar-refractivity contribution in [1.29, 1.82) is 0 Å². The van der Waals surface area contributed by atoms with Crippen LogP contribution in [0, 0.1) is 0 Å². The number of rotatable bonds is 3. The van der Waals surface area contributed by atoms with Crippen LogP contribution < -0.4 is 4.90 Å². The van der Waals surface area contributed by atoms with E-state index in [1.54, 1.807) is 0 Å². The second-order valence-corrected chi connectivity index (χ2v) is 5.80. The highest BCUT2D eigenvalue weighted by molar-refractivity contribution is 6.30. The lowest BCUT2D eigenvalue weighted by molar-refractivity contribution is 1.12. The summed E-state index contributed by atoms with van der Waals surface area (Å²) in [5.74, 6) is 0. The standard InChI is InChI=1S/C19H17ClN2/c1-22(2)17-12-18(14-7-4-3-5-8-14)21-19(13-17)15-9-6-10-16(20)11-15/h3-13H,1-2H3. The number of anilines is 1. The van der Waals surface area contributed by atoms with Crippen LogP contribution in [0.1, 0.15) is 0 Å². The first-order valence-corrected chi connectivity index (χ1v) is 7.52. The summed E-state index contributed by atoms with van der Waals surface area (Å²) in [5, 5.41) is 0.718. The highest BCUT2D eigenvalue weighted by Crippen LogP contribution is 2.29. The Labute approximate surface area is 136 Å². The Morgan fingerprint density at radius 1 is 0.773 bits per heavy atom. The largest absolute Gasteiger partial charge is 0.378 e. The summed E-state index contributed by atoms with van der Waals surface area (Å²) in [5.41, 5.74) is 5.13. The van der Waals surface area contributed by atoms with Crippen molar-refractivity contribution in [3.63, 3.8) is 0 Å². The van der Waals surface area contributed by atoms with Crippen LogP contribution >= 0.6 is 11.6 Å². The molecule has 0 amide bonds. The summed E-state index contributed by atoms with van der Waals surface area (Å²) >= 11 is 6.12. The first kappa shape index (κ1) is 14.6. The van der Waals surface area contributed by atoms with E-state index in [1.807, 2.05) is 56.6 Å². The Kier molecular flexibility index (Phi) is 4.12. The molecule has 2 nitrogen and oxygen atoms in total. The lowest BCUT2D eigenvalue weighted by Gasteiger charge is -2.16. The Morgan fingerprint density at radius 2 is 1.41 bits per heavy atom. The molecule has 0 unspecified atom stereocenters. The average Bonchev–Trinajstić information content (AvgIpc) is 2.55. The van der Waals surface area contributed by atoms with E-state index in [2.05, 4.69) is 29.2 Å². The summed E-state index contributed by atoms with van der Waals surface area (Å²) in [6, 6.07) is 22.2. The van der Waals surface area contributed by atoms with Gasteiger partial charge in [-0.05, 0) is 24.3 Å². The molecule has 0 saturated carbocycles. The van der Waals surface area contributed by atoms with Gasteiger partial charge in [0.15, 0.2) is 0 Å². The summed E-state index contributed by atoms with van der Waals surface area (Å²) < 4.78 is 0. The maximum Gasteiger partial charge on any atom is 0.0730 e. The van der Waals surface area contributed by atoms with Crippen molar-refractivity contribution in [2.75, 3.05) is 19.0 Å². The fraction of sp³-hybridized carbons (Fsp3) is 0.105. The quantitative estimate of drug-likeness (QED) is 0.666. The van der Waals surface area contributed by atoms with E-state index in [0.717, 1.165) is 33.2 Å².